The second-order valence-corrected chi connectivity index (χ2v) is 4.36. The van der Waals surface area contributed by atoms with Crippen molar-refractivity contribution in [3.63, 3.8) is 0 Å². The van der Waals surface area contributed by atoms with Crippen molar-refractivity contribution < 1.29 is 17.9 Å². The molecule has 2 unspecified atom stereocenters. The molecule has 0 fully saturated rings. The molecule has 0 aliphatic carbocycles. The van der Waals surface area contributed by atoms with Crippen LogP contribution in [0.15, 0.2) is 0 Å². The van der Waals surface area contributed by atoms with Crippen LogP contribution >= 0.6 is 15.9 Å². The standard InChI is InChI=1S/C8H15BrF3NO/c1-6(5-14-3)13(2)4-7(9)8(10,11)12/h6-7H,4-5H2,1-3H3. The van der Waals surface area contributed by atoms with Crippen molar-refractivity contribution in [2.24, 2.45) is 0 Å². The van der Waals surface area contributed by atoms with Crippen LogP contribution in [0, 0.1) is 0 Å². The molecule has 0 radical (unpaired) electrons. The van der Waals surface area contributed by atoms with E-state index in [1.54, 1.807) is 11.9 Å². The average Bonchev–Trinajstić information content (AvgIpc) is 2.02. The highest BCUT2D eigenvalue weighted by Crippen LogP contribution is 2.27. The van der Waals surface area contributed by atoms with E-state index in [1.165, 1.54) is 7.11 Å². The highest BCUT2D eigenvalue weighted by Gasteiger charge is 2.38. The largest absolute Gasteiger partial charge is 0.402 e. The molecular weight excluding hydrogens is 263 g/mol. The molecule has 0 aromatic heterocycles. The topological polar surface area (TPSA) is 12.5 Å². The Labute approximate surface area is 90.5 Å². The summed E-state index contributed by atoms with van der Waals surface area (Å²) >= 11 is 2.61. The van der Waals surface area contributed by atoms with Gasteiger partial charge in [0.1, 0.15) is 4.83 Å². The maximum atomic E-state index is 12.2. The zero-order valence-corrected chi connectivity index (χ0v) is 10.0. The Morgan fingerprint density at radius 2 is 1.93 bits per heavy atom. The summed E-state index contributed by atoms with van der Waals surface area (Å²) in [6, 6.07) is -0.0256. The van der Waals surface area contributed by atoms with E-state index in [4.69, 9.17) is 4.74 Å². The smallest absolute Gasteiger partial charge is 0.383 e. The van der Waals surface area contributed by atoms with Gasteiger partial charge in [-0.2, -0.15) is 13.2 Å². The number of alkyl halides is 4. The first kappa shape index (κ1) is 14.2. The monoisotopic (exact) mass is 277 g/mol. The molecule has 0 heterocycles. The van der Waals surface area contributed by atoms with E-state index in [0.717, 1.165) is 0 Å². The molecule has 2 atom stereocenters. The molecule has 0 bridgehead atoms. The van der Waals surface area contributed by atoms with Crippen molar-refractivity contribution in [2.45, 2.75) is 24.0 Å². The van der Waals surface area contributed by atoms with Gasteiger partial charge in [0.15, 0.2) is 0 Å². The summed E-state index contributed by atoms with van der Waals surface area (Å²) < 4.78 is 41.3. The summed E-state index contributed by atoms with van der Waals surface area (Å²) in [7, 11) is 3.17. The van der Waals surface area contributed by atoms with Crippen molar-refractivity contribution in [3.05, 3.63) is 0 Å². The molecule has 0 N–H and O–H groups in total. The number of likely N-dealkylation sites (N-methyl/N-ethyl adjacent to an activating group) is 1. The molecule has 0 saturated heterocycles. The van der Waals surface area contributed by atoms with Crippen LogP contribution in [0.1, 0.15) is 6.92 Å². The van der Waals surface area contributed by atoms with Crippen LogP contribution in [0.3, 0.4) is 0 Å². The number of rotatable bonds is 5. The lowest BCUT2D eigenvalue weighted by Gasteiger charge is -2.27. The van der Waals surface area contributed by atoms with Crippen LogP contribution in [0.4, 0.5) is 13.2 Å². The van der Waals surface area contributed by atoms with Gasteiger partial charge < -0.3 is 4.74 Å². The first-order chi connectivity index (χ1) is 6.29. The molecule has 0 aliphatic rings. The molecule has 0 amide bonds. The van der Waals surface area contributed by atoms with Gasteiger partial charge in [-0.3, -0.25) is 4.90 Å². The van der Waals surface area contributed by atoms with Crippen molar-refractivity contribution in [1.29, 1.82) is 0 Å². The van der Waals surface area contributed by atoms with E-state index in [2.05, 4.69) is 15.9 Å². The van der Waals surface area contributed by atoms with Crippen LogP contribution in [-0.2, 0) is 4.74 Å². The Morgan fingerprint density at radius 1 is 1.43 bits per heavy atom. The Morgan fingerprint density at radius 3 is 2.29 bits per heavy atom. The number of halogens is 4. The highest BCUT2D eigenvalue weighted by molar-refractivity contribution is 9.09. The lowest BCUT2D eigenvalue weighted by molar-refractivity contribution is -0.131. The molecule has 0 aromatic rings. The second-order valence-electron chi connectivity index (χ2n) is 3.25. The summed E-state index contributed by atoms with van der Waals surface area (Å²) in [6.45, 7) is 2.17. The molecule has 0 spiro atoms. The van der Waals surface area contributed by atoms with E-state index in [1.807, 2.05) is 6.92 Å². The molecule has 0 rings (SSSR count). The highest BCUT2D eigenvalue weighted by atomic mass is 79.9. The molecule has 14 heavy (non-hydrogen) atoms. The van der Waals surface area contributed by atoms with Gasteiger partial charge in [-0.15, -0.1) is 0 Å². The lowest BCUT2D eigenvalue weighted by atomic mass is 10.3. The van der Waals surface area contributed by atoms with Crippen LogP contribution < -0.4 is 0 Å². The molecular formula is C8H15BrF3NO. The zero-order valence-electron chi connectivity index (χ0n) is 8.44. The minimum Gasteiger partial charge on any atom is -0.383 e. The first-order valence-corrected chi connectivity index (χ1v) is 5.10. The summed E-state index contributed by atoms with van der Waals surface area (Å²) in [6.07, 6.45) is -4.19. The summed E-state index contributed by atoms with van der Waals surface area (Å²) in [5.74, 6) is 0. The number of ether oxygens (including phenoxy) is 1. The number of nitrogens with zero attached hydrogens (tertiary/aromatic N) is 1. The second kappa shape index (κ2) is 5.92. The molecule has 6 heteroatoms. The normalized spacial score (nSPS) is 17.1. The Kier molecular flexibility index (Phi) is 6.00. The summed E-state index contributed by atoms with van der Waals surface area (Å²) in [5.41, 5.74) is 0. The molecule has 0 aromatic carbocycles. The summed E-state index contributed by atoms with van der Waals surface area (Å²) in [4.78, 5) is 0.121. The van der Waals surface area contributed by atoms with E-state index >= 15 is 0 Å². The molecule has 0 aliphatic heterocycles. The van der Waals surface area contributed by atoms with Gasteiger partial charge in [0, 0.05) is 19.7 Å². The van der Waals surface area contributed by atoms with Crippen molar-refractivity contribution in [2.75, 3.05) is 27.3 Å². The maximum absolute atomic E-state index is 12.2. The van der Waals surface area contributed by atoms with Gasteiger partial charge in [-0.25, -0.2) is 0 Å². The third kappa shape index (κ3) is 5.17. The summed E-state index contributed by atoms with van der Waals surface area (Å²) in [5, 5.41) is 0. The maximum Gasteiger partial charge on any atom is 0.402 e. The Balaban J connectivity index is 3.99. The van der Waals surface area contributed by atoms with Crippen LogP contribution in [-0.4, -0.2) is 49.3 Å². The van der Waals surface area contributed by atoms with Crippen LogP contribution in [0.2, 0.25) is 0 Å². The number of methoxy groups -OCH3 is 1. The van der Waals surface area contributed by atoms with E-state index in [9.17, 15) is 13.2 Å². The van der Waals surface area contributed by atoms with Gasteiger partial charge in [0.05, 0.1) is 6.61 Å². The number of hydrogen-bond donors (Lipinski definition) is 0. The van der Waals surface area contributed by atoms with Gasteiger partial charge in [-0.1, -0.05) is 15.9 Å². The predicted molar refractivity (Wildman–Crippen MR) is 52.7 cm³/mol. The fourth-order valence-corrected chi connectivity index (χ4v) is 1.36. The van der Waals surface area contributed by atoms with Crippen LogP contribution in [0.25, 0.3) is 0 Å². The van der Waals surface area contributed by atoms with Gasteiger partial charge >= 0.3 is 6.18 Å². The minimum atomic E-state index is -4.19. The van der Waals surface area contributed by atoms with Crippen molar-refractivity contribution >= 4 is 15.9 Å². The van der Waals surface area contributed by atoms with E-state index < -0.39 is 11.0 Å². The first-order valence-electron chi connectivity index (χ1n) is 4.19. The Bertz CT molecular complexity index is 165. The van der Waals surface area contributed by atoms with Crippen LogP contribution in [0.5, 0.6) is 0 Å². The quantitative estimate of drug-likeness (QED) is 0.715. The van der Waals surface area contributed by atoms with E-state index in [0.29, 0.717) is 6.61 Å². The molecule has 86 valence electrons. The number of hydrogen-bond acceptors (Lipinski definition) is 2. The van der Waals surface area contributed by atoms with Crippen molar-refractivity contribution in [3.8, 4) is 0 Å². The fourth-order valence-electron chi connectivity index (χ4n) is 0.905. The third-order valence-electron chi connectivity index (χ3n) is 1.96. The molecule has 0 saturated carbocycles. The zero-order chi connectivity index (χ0) is 11.4. The van der Waals surface area contributed by atoms with Gasteiger partial charge in [0.25, 0.3) is 0 Å². The van der Waals surface area contributed by atoms with Gasteiger partial charge in [0.2, 0.25) is 0 Å². The lowest BCUT2D eigenvalue weighted by Crippen LogP contribution is -2.41. The molecule has 2 nitrogen and oxygen atoms in total. The predicted octanol–water partition coefficient (Wildman–Crippen LogP) is 2.28. The third-order valence-corrected chi connectivity index (χ3v) is 2.77. The SMILES string of the molecule is COCC(C)N(C)CC(Br)C(F)(F)F. The minimum absolute atomic E-state index is 0.0256. The average molecular weight is 278 g/mol. The van der Waals surface area contributed by atoms with Gasteiger partial charge in [-0.05, 0) is 14.0 Å². The van der Waals surface area contributed by atoms with E-state index in [-0.39, 0.29) is 12.6 Å². The Hall–Kier alpha value is 0.190. The fraction of sp³-hybridized carbons (Fsp3) is 1.00. The van der Waals surface area contributed by atoms with Crippen molar-refractivity contribution in [1.82, 2.24) is 4.90 Å².